The summed E-state index contributed by atoms with van der Waals surface area (Å²) >= 11 is 3.29. The molecule has 2 heterocycles. The molecule has 1 N–H and O–H groups in total. The molecule has 0 bridgehead atoms. The summed E-state index contributed by atoms with van der Waals surface area (Å²) in [5.41, 5.74) is 0.600. The van der Waals surface area contributed by atoms with Crippen LogP contribution in [0.4, 0.5) is 0 Å². The lowest BCUT2D eigenvalue weighted by molar-refractivity contribution is 0.0946. The molecular formula is C13H18BrN3O. The van der Waals surface area contributed by atoms with Crippen molar-refractivity contribution >= 4 is 21.8 Å². The van der Waals surface area contributed by atoms with Crippen LogP contribution in [0.1, 0.15) is 23.7 Å². The zero-order valence-electron chi connectivity index (χ0n) is 10.5. The summed E-state index contributed by atoms with van der Waals surface area (Å²) < 4.78 is 0.601. The number of carbonyl (C=O) groups is 1. The Morgan fingerprint density at radius 2 is 2.50 bits per heavy atom. The minimum absolute atomic E-state index is 0.0510. The van der Waals surface area contributed by atoms with Gasteiger partial charge in [0.05, 0.1) is 5.56 Å². The van der Waals surface area contributed by atoms with Crippen molar-refractivity contribution < 1.29 is 4.79 Å². The van der Waals surface area contributed by atoms with Crippen molar-refractivity contribution in [3.05, 3.63) is 28.5 Å². The van der Waals surface area contributed by atoms with Crippen LogP contribution in [0.2, 0.25) is 0 Å². The summed E-state index contributed by atoms with van der Waals surface area (Å²) in [6.07, 6.45) is 2.83. The Morgan fingerprint density at radius 3 is 3.17 bits per heavy atom. The number of aromatic nitrogens is 1. The number of nitrogens with one attached hydrogen (secondary N) is 1. The van der Waals surface area contributed by atoms with Crippen molar-refractivity contribution in [2.24, 2.45) is 5.92 Å². The number of rotatable bonds is 4. The lowest BCUT2D eigenvalue weighted by atomic mass is 10.1. The van der Waals surface area contributed by atoms with Crippen molar-refractivity contribution in [1.82, 2.24) is 15.2 Å². The van der Waals surface area contributed by atoms with E-state index in [-0.39, 0.29) is 5.91 Å². The van der Waals surface area contributed by atoms with Gasteiger partial charge in [-0.25, -0.2) is 4.98 Å². The first-order chi connectivity index (χ1) is 8.70. The second-order valence-electron chi connectivity index (χ2n) is 4.60. The van der Waals surface area contributed by atoms with E-state index < -0.39 is 0 Å². The third kappa shape index (κ3) is 3.29. The average molecular weight is 312 g/mol. The van der Waals surface area contributed by atoms with Gasteiger partial charge >= 0.3 is 0 Å². The Morgan fingerprint density at radius 1 is 1.67 bits per heavy atom. The maximum atomic E-state index is 12.0. The Kier molecular flexibility index (Phi) is 4.72. The van der Waals surface area contributed by atoms with Gasteiger partial charge in [0, 0.05) is 19.3 Å². The fourth-order valence-electron chi connectivity index (χ4n) is 2.25. The molecule has 98 valence electrons. The summed E-state index contributed by atoms with van der Waals surface area (Å²) in [7, 11) is 0. The van der Waals surface area contributed by atoms with Crippen LogP contribution in [0.5, 0.6) is 0 Å². The Hall–Kier alpha value is -0.940. The van der Waals surface area contributed by atoms with E-state index in [0.717, 1.165) is 26.2 Å². The van der Waals surface area contributed by atoms with Crippen LogP contribution in [0.3, 0.4) is 0 Å². The van der Waals surface area contributed by atoms with Crippen LogP contribution in [0, 0.1) is 5.92 Å². The van der Waals surface area contributed by atoms with Crippen LogP contribution in [-0.4, -0.2) is 42.0 Å². The van der Waals surface area contributed by atoms with E-state index in [2.05, 4.69) is 38.1 Å². The summed E-state index contributed by atoms with van der Waals surface area (Å²) in [5.74, 6) is 0.522. The number of nitrogens with zero attached hydrogens (tertiary/aromatic N) is 2. The Labute approximate surface area is 116 Å². The fraction of sp³-hybridized carbons (Fsp3) is 0.538. The summed E-state index contributed by atoms with van der Waals surface area (Å²) in [6, 6.07) is 3.55. The van der Waals surface area contributed by atoms with E-state index >= 15 is 0 Å². The fourth-order valence-corrected chi connectivity index (χ4v) is 2.68. The van der Waals surface area contributed by atoms with E-state index in [1.165, 1.54) is 6.42 Å². The molecule has 0 radical (unpaired) electrons. The smallest absolute Gasteiger partial charge is 0.254 e. The molecule has 0 spiro atoms. The molecule has 1 unspecified atom stereocenters. The van der Waals surface area contributed by atoms with E-state index in [9.17, 15) is 4.79 Å². The monoisotopic (exact) mass is 311 g/mol. The molecule has 2 rings (SSSR count). The van der Waals surface area contributed by atoms with Gasteiger partial charge in [-0.15, -0.1) is 0 Å². The second kappa shape index (κ2) is 6.29. The Balaban J connectivity index is 1.84. The molecule has 1 aliphatic heterocycles. The number of hydrogen-bond acceptors (Lipinski definition) is 3. The molecule has 0 aliphatic carbocycles. The highest BCUT2D eigenvalue weighted by atomic mass is 79.9. The molecule has 1 saturated heterocycles. The Bertz CT molecular complexity index is 424. The van der Waals surface area contributed by atoms with Gasteiger partial charge in [0.15, 0.2) is 0 Å². The van der Waals surface area contributed by atoms with Crippen LogP contribution in [0.15, 0.2) is 22.9 Å². The number of amides is 1. The molecule has 5 heteroatoms. The number of pyridine rings is 1. The zero-order valence-corrected chi connectivity index (χ0v) is 12.1. The zero-order chi connectivity index (χ0) is 13.0. The maximum absolute atomic E-state index is 12.0. The van der Waals surface area contributed by atoms with Crippen molar-refractivity contribution in [2.45, 2.75) is 13.3 Å². The molecule has 1 aromatic rings. The number of likely N-dealkylation sites (tertiary alicyclic amines) is 1. The highest BCUT2D eigenvalue weighted by Crippen LogP contribution is 2.16. The van der Waals surface area contributed by atoms with Gasteiger partial charge in [0.25, 0.3) is 5.91 Å². The lowest BCUT2D eigenvalue weighted by Gasteiger charge is -2.13. The molecule has 1 aromatic heterocycles. The van der Waals surface area contributed by atoms with E-state index in [1.807, 2.05) is 0 Å². The highest BCUT2D eigenvalue weighted by Gasteiger charge is 2.21. The molecular weight excluding hydrogens is 294 g/mol. The number of halogens is 1. The lowest BCUT2D eigenvalue weighted by Crippen LogP contribution is -2.31. The molecule has 1 amide bonds. The van der Waals surface area contributed by atoms with E-state index in [1.54, 1.807) is 18.3 Å². The van der Waals surface area contributed by atoms with Gasteiger partial charge in [0.1, 0.15) is 4.60 Å². The van der Waals surface area contributed by atoms with Gasteiger partial charge in [-0.2, -0.15) is 0 Å². The van der Waals surface area contributed by atoms with Crippen LogP contribution < -0.4 is 5.32 Å². The number of carbonyl (C=O) groups excluding carboxylic acids is 1. The van der Waals surface area contributed by atoms with Crippen molar-refractivity contribution in [2.75, 3.05) is 26.2 Å². The minimum Gasteiger partial charge on any atom is -0.352 e. The highest BCUT2D eigenvalue weighted by molar-refractivity contribution is 9.10. The molecule has 1 aliphatic rings. The van der Waals surface area contributed by atoms with Gasteiger partial charge in [-0.3, -0.25) is 4.79 Å². The van der Waals surface area contributed by atoms with Crippen molar-refractivity contribution in [1.29, 1.82) is 0 Å². The van der Waals surface area contributed by atoms with E-state index in [0.29, 0.717) is 16.1 Å². The first-order valence-corrected chi connectivity index (χ1v) is 7.11. The SMILES string of the molecule is CCN1CCC(CNC(=O)c2cccnc2Br)C1. The largest absolute Gasteiger partial charge is 0.352 e. The van der Waals surface area contributed by atoms with Crippen molar-refractivity contribution in [3.63, 3.8) is 0 Å². The minimum atomic E-state index is -0.0510. The first-order valence-electron chi connectivity index (χ1n) is 6.31. The summed E-state index contributed by atoms with van der Waals surface area (Å²) in [5, 5.41) is 2.99. The normalized spacial score (nSPS) is 20.0. The van der Waals surface area contributed by atoms with E-state index in [4.69, 9.17) is 0 Å². The molecule has 0 aromatic carbocycles. The van der Waals surface area contributed by atoms with Crippen LogP contribution >= 0.6 is 15.9 Å². The van der Waals surface area contributed by atoms with Gasteiger partial charge < -0.3 is 10.2 Å². The van der Waals surface area contributed by atoms with Crippen molar-refractivity contribution in [3.8, 4) is 0 Å². The van der Waals surface area contributed by atoms with Gasteiger partial charge in [0.2, 0.25) is 0 Å². The predicted octanol–water partition coefficient (Wildman–Crippen LogP) is 1.92. The molecule has 1 fully saturated rings. The van der Waals surface area contributed by atoms with Crippen LogP contribution in [-0.2, 0) is 0 Å². The molecule has 18 heavy (non-hydrogen) atoms. The average Bonchev–Trinajstić information content (AvgIpc) is 2.84. The number of hydrogen-bond donors (Lipinski definition) is 1. The van der Waals surface area contributed by atoms with Gasteiger partial charge in [-0.05, 0) is 53.5 Å². The maximum Gasteiger partial charge on any atom is 0.254 e. The molecule has 0 saturated carbocycles. The third-order valence-corrected chi connectivity index (χ3v) is 4.00. The quantitative estimate of drug-likeness (QED) is 0.864. The predicted molar refractivity (Wildman–Crippen MR) is 74.5 cm³/mol. The standard InChI is InChI=1S/C13H18BrN3O/c1-2-17-7-5-10(9-17)8-16-13(18)11-4-3-6-15-12(11)14/h3-4,6,10H,2,5,7-9H2,1H3,(H,16,18). The topological polar surface area (TPSA) is 45.2 Å². The third-order valence-electron chi connectivity index (χ3n) is 3.37. The second-order valence-corrected chi connectivity index (χ2v) is 5.35. The van der Waals surface area contributed by atoms with Gasteiger partial charge in [-0.1, -0.05) is 6.92 Å². The molecule has 1 atom stereocenters. The summed E-state index contributed by atoms with van der Waals surface area (Å²) in [4.78, 5) is 18.4. The van der Waals surface area contributed by atoms with Crippen LogP contribution in [0.25, 0.3) is 0 Å². The molecule has 4 nitrogen and oxygen atoms in total. The summed E-state index contributed by atoms with van der Waals surface area (Å²) in [6.45, 7) is 6.25. The first kappa shape index (κ1) is 13.5.